The number of aryl methyl sites for hydroxylation is 1. The number of fused-ring (bicyclic) bond motifs is 5. The fraction of sp³-hybridized carbons (Fsp3) is 0.607. The van der Waals surface area contributed by atoms with Crippen LogP contribution in [0.2, 0.25) is 0 Å². The van der Waals surface area contributed by atoms with Crippen LogP contribution < -0.4 is 19.1 Å². The van der Waals surface area contributed by atoms with E-state index < -0.39 is 17.3 Å². The molecule has 1 amide bonds. The SMILES string of the molecule is CCc1cccc2cc(OCOC)cc(-c3ncc4c(N5CC6CCC(C5)N6C(=O)OC(C)(C)C)nc(OC[C@@]56CCCN5[C@H](CN5CCC(COc7cc(C(C(=O)OC)C(C)C)on7)CC5)CC6)nc4c3F)c12. The van der Waals surface area contributed by atoms with Crippen molar-refractivity contribution < 1.29 is 46.9 Å². The predicted molar refractivity (Wildman–Crippen MR) is 277 cm³/mol. The molecule has 398 valence electrons. The Morgan fingerprint density at radius 2 is 1.73 bits per heavy atom. The molecule has 5 aromatic rings. The van der Waals surface area contributed by atoms with Crippen LogP contribution in [0, 0.1) is 17.7 Å². The molecule has 8 heterocycles. The zero-order chi connectivity index (χ0) is 51.9. The molecular weight excluding hydrogens is 948 g/mol. The minimum absolute atomic E-state index is 0.00684. The summed E-state index contributed by atoms with van der Waals surface area (Å²) in [5.74, 6) is 0.864. The Morgan fingerprint density at radius 3 is 2.45 bits per heavy atom. The number of carbonyl (C=O) groups is 2. The molecule has 0 aliphatic carbocycles. The van der Waals surface area contributed by atoms with Gasteiger partial charge in [-0.2, -0.15) is 9.97 Å². The first-order valence-corrected chi connectivity index (χ1v) is 26.7. The number of methoxy groups -OCH3 is 2. The number of pyridine rings is 1. The third-order valence-corrected chi connectivity index (χ3v) is 16.1. The van der Waals surface area contributed by atoms with E-state index in [4.69, 9.17) is 47.9 Å². The molecule has 5 atom stereocenters. The second kappa shape index (κ2) is 21.4. The van der Waals surface area contributed by atoms with Gasteiger partial charge in [0.15, 0.2) is 18.4 Å². The molecule has 0 radical (unpaired) electrons. The van der Waals surface area contributed by atoms with Crippen LogP contribution in [0.25, 0.3) is 32.9 Å². The van der Waals surface area contributed by atoms with Gasteiger partial charge in [-0.15, -0.1) is 0 Å². The van der Waals surface area contributed by atoms with Crippen molar-refractivity contribution in [3.05, 3.63) is 59.7 Å². The van der Waals surface area contributed by atoms with Crippen LogP contribution in [0.15, 0.2) is 47.1 Å². The lowest BCUT2D eigenvalue weighted by atomic mass is 9.93. The van der Waals surface area contributed by atoms with Gasteiger partial charge in [0.25, 0.3) is 5.88 Å². The van der Waals surface area contributed by atoms with E-state index in [1.165, 1.54) is 7.11 Å². The molecule has 74 heavy (non-hydrogen) atoms. The number of piperidine rings is 1. The number of hydrogen-bond acceptors (Lipinski definition) is 16. The summed E-state index contributed by atoms with van der Waals surface area (Å²) in [7, 11) is 2.95. The minimum atomic E-state index is -0.622. The van der Waals surface area contributed by atoms with Gasteiger partial charge in [0.1, 0.15) is 40.9 Å². The summed E-state index contributed by atoms with van der Waals surface area (Å²) in [6, 6.07) is 11.9. The van der Waals surface area contributed by atoms with Crippen LogP contribution in [0.5, 0.6) is 17.6 Å². The minimum Gasteiger partial charge on any atom is -0.475 e. The molecule has 5 fully saturated rings. The molecule has 5 aliphatic rings. The van der Waals surface area contributed by atoms with Gasteiger partial charge in [0.05, 0.1) is 36.7 Å². The third-order valence-electron chi connectivity index (χ3n) is 16.1. The number of esters is 1. The number of benzene rings is 2. The molecule has 0 spiro atoms. The van der Waals surface area contributed by atoms with E-state index in [0.717, 1.165) is 100 Å². The van der Waals surface area contributed by atoms with Crippen LogP contribution in [-0.2, 0) is 25.4 Å². The summed E-state index contributed by atoms with van der Waals surface area (Å²) in [6.07, 6.45) is 9.91. The summed E-state index contributed by atoms with van der Waals surface area (Å²) in [5.41, 5.74) is 1.14. The maximum Gasteiger partial charge on any atom is 0.410 e. The maximum absolute atomic E-state index is 17.8. The Balaban J connectivity index is 0.876. The van der Waals surface area contributed by atoms with Crippen molar-refractivity contribution >= 4 is 39.6 Å². The zero-order valence-electron chi connectivity index (χ0n) is 44.4. The Morgan fingerprint density at radius 1 is 0.946 bits per heavy atom. The van der Waals surface area contributed by atoms with E-state index in [1.54, 1.807) is 19.4 Å². The standard InChI is InChI=1S/C56H73FN8O9/c1-9-36-12-10-13-37-24-41(72-33-68-7)25-42(47(36)37)49-48(57)50-43(27-58-49)51(63-29-39-14-15-40(30-63)65(39)54(67)73-55(4,5)6)60-53(59-50)71-32-56-19-11-21-64(56)38(16-20-56)28-62-22-17-35(18-23-62)31-70-45-26-44(74-61-45)46(34(2)3)52(66)69-8/h10,12-13,24-27,34-35,38-40,46H,9,11,14-23,28-33H2,1-8H3/t38-,39?,40?,46?,56-/m0/s1. The van der Waals surface area contributed by atoms with Crippen molar-refractivity contribution in [1.29, 1.82) is 0 Å². The van der Waals surface area contributed by atoms with Gasteiger partial charge < -0.3 is 42.7 Å². The number of rotatable bonds is 17. The molecule has 2 bridgehead atoms. The molecule has 17 nitrogen and oxygen atoms in total. The van der Waals surface area contributed by atoms with Crippen molar-refractivity contribution in [2.24, 2.45) is 11.8 Å². The van der Waals surface area contributed by atoms with E-state index >= 15 is 4.39 Å². The van der Waals surface area contributed by atoms with Crippen LogP contribution in [0.1, 0.15) is 110 Å². The van der Waals surface area contributed by atoms with Gasteiger partial charge in [-0.3, -0.25) is 19.6 Å². The summed E-state index contributed by atoms with van der Waals surface area (Å²) in [6.45, 7) is 17.5. The third kappa shape index (κ3) is 10.4. The molecule has 10 rings (SSSR count). The summed E-state index contributed by atoms with van der Waals surface area (Å²) in [5, 5.41) is 6.38. The van der Waals surface area contributed by atoms with Crippen molar-refractivity contribution in [2.45, 2.75) is 135 Å². The lowest BCUT2D eigenvalue weighted by Crippen LogP contribution is -2.57. The average molecular weight is 1020 g/mol. The molecule has 5 aliphatic heterocycles. The van der Waals surface area contributed by atoms with Gasteiger partial charge in [0.2, 0.25) is 0 Å². The Kier molecular flexibility index (Phi) is 14.9. The first-order chi connectivity index (χ1) is 35.6. The molecule has 2 aromatic carbocycles. The lowest BCUT2D eigenvalue weighted by Gasteiger charge is -2.42. The Hall–Kier alpha value is -5.85. The number of halogens is 1. The number of piperazine rings is 1. The summed E-state index contributed by atoms with van der Waals surface area (Å²) >= 11 is 0. The second-order valence-corrected chi connectivity index (χ2v) is 22.5. The number of hydrogen-bond donors (Lipinski definition) is 0. The molecular formula is C56H73FN8O9. The highest BCUT2D eigenvalue weighted by molar-refractivity contribution is 6.01. The quantitative estimate of drug-likeness (QED) is 0.0638. The number of ether oxygens (including phenoxy) is 6. The van der Waals surface area contributed by atoms with E-state index in [2.05, 4.69) is 32.8 Å². The average Bonchev–Trinajstić information content (AvgIpc) is 4.17. The molecule has 0 N–H and O–H groups in total. The first-order valence-electron chi connectivity index (χ1n) is 26.7. The lowest BCUT2D eigenvalue weighted by molar-refractivity contribution is -0.144. The van der Waals surface area contributed by atoms with Crippen LogP contribution in [0.3, 0.4) is 0 Å². The second-order valence-electron chi connectivity index (χ2n) is 22.5. The van der Waals surface area contributed by atoms with E-state index in [0.29, 0.717) is 72.4 Å². The van der Waals surface area contributed by atoms with Gasteiger partial charge in [-0.25, -0.2) is 9.18 Å². The number of likely N-dealkylation sites (tertiary alicyclic amines) is 1. The van der Waals surface area contributed by atoms with Crippen molar-refractivity contribution in [3.63, 3.8) is 0 Å². The summed E-state index contributed by atoms with van der Waals surface area (Å²) in [4.78, 5) is 50.1. The predicted octanol–water partition coefficient (Wildman–Crippen LogP) is 9.18. The highest BCUT2D eigenvalue weighted by atomic mass is 19.1. The number of anilines is 1. The molecule has 5 saturated heterocycles. The van der Waals surface area contributed by atoms with Crippen LogP contribution in [-0.4, -0.2) is 150 Å². The molecule has 18 heteroatoms. The summed E-state index contributed by atoms with van der Waals surface area (Å²) < 4.78 is 58.2. The Labute approximate surface area is 433 Å². The highest BCUT2D eigenvalue weighted by Gasteiger charge is 2.51. The highest BCUT2D eigenvalue weighted by Crippen LogP contribution is 2.45. The van der Waals surface area contributed by atoms with Crippen LogP contribution in [0.4, 0.5) is 15.0 Å². The first kappa shape index (κ1) is 51.6. The number of nitrogens with zero attached hydrogens (tertiary/aromatic N) is 8. The van der Waals surface area contributed by atoms with Crippen molar-refractivity contribution in [2.75, 3.05) is 78.4 Å². The number of carbonyl (C=O) groups excluding carboxylic acids is 2. The van der Waals surface area contributed by atoms with Gasteiger partial charge in [-0.05, 0) is 144 Å². The maximum atomic E-state index is 17.8. The smallest absolute Gasteiger partial charge is 0.410 e. The van der Waals surface area contributed by atoms with Gasteiger partial charge in [-0.1, -0.05) is 39.0 Å². The van der Waals surface area contributed by atoms with E-state index in [-0.39, 0.29) is 59.6 Å². The Bertz CT molecular complexity index is 2820. The zero-order valence-corrected chi connectivity index (χ0v) is 44.4. The van der Waals surface area contributed by atoms with Crippen LogP contribution >= 0.6 is 0 Å². The fourth-order valence-electron chi connectivity index (χ4n) is 12.5. The topological polar surface area (TPSA) is 167 Å². The van der Waals surface area contributed by atoms with Crippen molar-refractivity contribution in [3.8, 4) is 28.9 Å². The number of amides is 1. The van der Waals surface area contributed by atoms with Gasteiger partial charge in [0, 0.05) is 50.6 Å². The van der Waals surface area contributed by atoms with E-state index in [9.17, 15) is 9.59 Å². The normalized spacial score (nSPS) is 23.0. The van der Waals surface area contributed by atoms with E-state index in [1.807, 2.05) is 63.8 Å². The monoisotopic (exact) mass is 1020 g/mol. The molecule has 3 unspecified atom stereocenters. The fourth-order valence-corrected chi connectivity index (χ4v) is 12.5. The van der Waals surface area contributed by atoms with Gasteiger partial charge >= 0.3 is 18.1 Å². The molecule has 0 saturated carbocycles. The molecule has 3 aromatic heterocycles. The largest absolute Gasteiger partial charge is 0.475 e. The van der Waals surface area contributed by atoms with Crippen molar-refractivity contribution in [1.82, 2.24) is 34.8 Å². The number of aromatic nitrogens is 4.